The summed E-state index contributed by atoms with van der Waals surface area (Å²) in [7, 11) is 3.01. The molecule has 0 aliphatic carbocycles. The molecule has 4 rings (SSSR count). The summed E-state index contributed by atoms with van der Waals surface area (Å²) >= 11 is 0. The number of benzene rings is 3. The number of carboxylic acid groups (broad SMARTS) is 1. The lowest BCUT2D eigenvalue weighted by Gasteiger charge is -2.36. The smallest absolute Gasteiger partial charge is 0.407 e. The number of carbonyl (C=O) groups excluding carboxylic acids is 2. The highest BCUT2D eigenvalue weighted by molar-refractivity contribution is 6.03. The number of hydroxylamine groups is 1. The average Bonchev–Trinajstić information content (AvgIpc) is 3.10. The van der Waals surface area contributed by atoms with Crippen LogP contribution in [-0.2, 0) is 22.6 Å². The minimum Gasteiger partial charge on any atom is -0.496 e. The van der Waals surface area contributed by atoms with E-state index in [9.17, 15) is 24.7 Å². The molecule has 1 aliphatic rings. The third kappa shape index (κ3) is 6.72. The Kier molecular flexibility index (Phi) is 9.24. The summed E-state index contributed by atoms with van der Waals surface area (Å²) in [4.78, 5) is 42.0. The van der Waals surface area contributed by atoms with Crippen molar-refractivity contribution >= 4 is 40.2 Å². The maximum Gasteiger partial charge on any atom is 0.407 e. The lowest BCUT2D eigenvalue weighted by Crippen LogP contribution is -2.51. The summed E-state index contributed by atoms with van der Waals surface area (Å²) in [5.41, 5.74) is 4.31. The highest BCUT2D eigenvalue weighted by Gasteiger charge is 2.36. The molecule has 2 atom stereocenters. The van der Waals surface area contributed by atoms with E-state index < -0.39 is 29.5 Å². The monoisotopic (exact) mass is 589 g/mol. The molecule has 0 radical (unpaired) electrons. The van der Waals surface area contributed by atoms with Crippen LogP contribution < -0.4 is 20.4 Å². The van der Waals surface area contributed by atoms with Crippen molar-refractivity contribution in [2.45, 2.75) is 58.7 Å². The summed E-state index contributed by atoms with van der Waals surface area (Å²) < 4.78 is 5.70. The zero-order valence-corrected chi connectivity index (χ0v) is 25.1. The maximum atomic E-state index is 14.2. The molecule has 0 bridgehead atoms. The molecule has 5 N–H and O–H groups in total. The van der Waals surface area contributed by atoms with Gasteiger partial charge >= 0.3 is 6.09 Å². The minimum atomic E-state index is -1.12. The number of aryl methyl sites for hydroxylation is 1. The normalized spacial score (nSPS) is 15.7. The third-order valence-electron chi connectivity index (χ3n) is 8.06. The molecular weight excluding hydrogens is 550 g/mol. The molecular formula is C32H39N5O6. The van der Waals surface area contributed by atoms with Gasteiger partial charge in [0, 0.05) is 36.3 Å². The average molecular weight is 590 g/mol. The fourth-order valence-electron chi connectivity index (χ4n) is 5.71. The van der Waals surface area contributed by atoms with Crippen LogP contribution in [0.3, 0.4) is 0 Å². The quantitative estimate of drug-likeness (QED) is 0.147. The van der Waals surface area contributed by atoms with Crippen LogP contribution in [-0.4, -0.2) is 65.2 Å². The second-order valence-corrected chi connectivity index (χ2v) is 11.9. The Morgan fingerprint density at radius 2 is 1.88 bits per heavy atom. The van der Waals surface area contributed by atoms with Crippen LogP contribution in [0.2, 0.25) is 0 Å². The van der Waals surface area contributed by atoms with E-state index in [0.29, 0.717) is 24.2 Å². The van der Waals surface area contributed by atoms with Gasteiger partial charge in [0.15, 0.2) is 0 Å². The minimum absolute atomic E-state index is 0.0831. The SMILES string of the molecule is COc1ccc2cc(C(=N)NO)ccc2c1CN1C(=O)[C@@H](NC(=O)C[C@H](N(C)C(=O)O)C(C)(C)C)CCc2ccccc21. The number of amidine groups is 1. The van der Waals surface area contributed by atoms with Gasteiger partial charge < -0.3 is 25.0 Å². The number of hydrogen-bond acceptors (Lipinski definition) is 6. The van der Waals surface area contributed by atoms with Gasteiger partial charge in [-0.15, -0.1) is 0 Å². The van der Waals surface area contributed by atoms with Crippen LogP contribution in [0.5, 0.6) is 5.75 Å². The van der Waals surface area contributed by atoms with E-state index in [-0.39, 0.29) is 24.7 Å². The number of hydrogen-bond donors (Lipinski definition) is 5. The molecule has 0 aromatic heterocycles. The molecule has 0 saturated heterocycles. The Morgan fingerprint density at radius 3 is 2.53 bits per heavy atom. The van der Waals surface area contributed by atoms with Crippen molar-refractivity contribution in [1.29, 1.82) is 5.41 Å². The topological polar surface area (TPSA) is 155 Å². The molecule has 1 aliphatic heterocycles. The zero-order chi connectivity index (χ0) is 31.5. The number of nitrogens with one attached hydrogen (secondary N) is 3. The Bertz CT molecular complexity index is 1550. The molecule has 3 amide bonds. The number of carbonyl (C=O) groups is 3. The number of amides is 3. The first-order valence-electron chi connectivity index (χ1n) is 14.1. The molecule has 0 unspecified atom stereocenters. The molecule has 0 fully saturated rings. The van der Waals surface area contributed by atoms with Crippen molar-refractivity contribution in [2.24, 2.45) is 5.41 Å². The van der Waals surface area contributed by atoms with Crippen molar-refractivity contribution in [3.05, 3.63) is 71.3 Å². The van der Waals surface area contributed by atoms with E-state index in [0.717, 1.165) is 32.5 Å². The number of fused-ring (bicyclic) bond motifs is 2. The summed E-state index contributed by atoms with van der Waals surface area (Å²) in [6.45, 7) is 5.79. The largest absolute Gasteiger partial charge is 0.496 e. The van der Waals surface area contributed by atoms with E-state index in [1.807, 2.05) is 62.6 Å². The summed E-state index contributed by atoms with van der Waals surface area (Å²) in [5, 5.41) is 31.2. The fraction of sp³-hybridized carbons (Fsp3) is 0.375. The second-order valence-electron chi connectivity index (χ2n) is 11.9. The second kappa shape index (κ2) is 12.7. The number of anilines is 1. The summed E-state index contributed by atoms with van der Waals surface area (Å²) in [5.74, 6) is -0.236. The summed E-state index contributed by atoms with van der Waals surface area (Å²) in [6, 6.07) is 15.2. The molecule has 43 heavy (non-hydrogen) atoms. The molecule has 0 spiro atoms. The van der Waals surface area contributed by atoms with Crippen LogP contribution in [0.15, 0.2) is 54.6 Å². The third-order valence-corrected chi connectivity index (χ3v) is 8.06. The number of methoxy groups -OCH3 is 1. The van der Waals surface area contributed by atoms with Gasteiger partial charge in [-0.3, -0.25) is 25.7 Å². The Hall–Kier alpha value is -4.64. The molecule has 1 heterocycles. The van der Waals surface area contributed by atoms with Gasteiger partial charge in [-0.1, -0.05) is 57.2 Å². The van der Waals surface area contributed by atoms with Crippen molar-refractivity contribution in [1.82, 2.24) is 15.7 Å². The highest BCUT2D eigenvalue weighted by atomic mass is 16.5. The molecule has 0 saturated carbocycles. The highest BCUT2D eigenvalue weighted by Crippen LogP contribution is 2.35. The van der Waals surface area contributed by atoms with Crippen LogP contribution in [0, 0.1) is 10.8 Å². The van der Waals surface area contributed by atoms with Gasteiger partial charge in [-0.05, 0) is 52.8 Å². The first kappa shape index (κ1) is 31.3. The van der Waals surface area contributed by atoms with Gasteiger partial charge in [-0.25, -0.2) is 4.79 Å². The van der Waals surface area contributed by atoms with Crippen molar-refractivity contribution in [3.8, 4) is 5.75 Å². The Morgan fingerprint density at radius 1 is 1.16 bits per heavy atom. The van der Waals surface area contributed by atoms with Crippen molar-refractivity contribution in [3.63, 3.8) is 0 Å². The number of para-hydroxylation sites is 1. The molecule has 11 nitrogen and oxygen atoms in total. The summed E-state index contributed by atoms with van der Waals surface area (Å²) in [6.07, 6.45) is -0.257. The predicted molar refractivity (Wildman–Crippen MR) is 164 cm³/mol. The Balaban J connectivity index is 1.69. The number of ether oxygens (including phenoxy) is 1. The lowest BCUT2D eigenvalue weighted by atomic mass is 9.83. The molecule has 11 heteroatoms. The van der Waals surface area contributed by atoms with E-state index >= 15 is 0 Å². The maximum absolute atomic E-state index is 14.2. The zero-order valence-electron chi connectivity index (χ0n) is 25.1. The lowest BCUT2D eigenvalue weighted by molar-refractivity contribution is -0.128. The van der Waals surface area contributed by atoms with Crippen LogP contribution >= 0.6 is 0 Å². The van der Waals surface area contributed by atoms with E-state index in [1.165, 1.54) is 7.05 Å². The number of rotatable bonds is 8. The van der Waals surface area contributed by atoms with Crippen molar-refractivity contribution < 1.29 is 29.4 Å². The predicted octanol–water partition coefficient (Wildman–Crippen LogP) is 4.53. The molecule has 3 aromatic carbocycles. The molecule has 3 aromatic rings. The van der Waals surface area contributed by atoms with E-state index in [4.69, 9.17) is 10.1 Å². The molecule has 228 valence electrons. The van der Waals surface area contributed by atoms with Crippen LogP contribution in [0.1, 0.15) is 50.3 Å². The van der Waals surface area contributed by atoms with Gasteiger partial charge in [0.1, 0.15) is 17.6 Å². The van der Waals surface area contributed by atoms with Crippen molar-refractivity contribution in [2.75, 3.05) is 19.1 Å². The first-order chi connectivity index (χ1) is 20.3. The van der Waals surface area contributed by atoms with Crippen LogP contribution in [0.25, 0.3) is 10.8 Å². The van der Waals surface area contributed by atoms with Gasteiger partial charge in [0.05, 0.1) is 13.7 Å². The van der Waals surface area contributed by atoms with Crippen LogP contribution in [0.4, 0.5) is 10.5 Å². The van der Waals surface area contributed by atoms with E-state index in [2.05, 4.69) is 5.32 Å². The fourth-order valence-corrected chi connectivity index (χ4v) is 5.71. The van der Waals surface area contributed by atoms with Gasteiger partial charge in [0.25, 0.3) is 0 Å². The Labute approximate surface area is 250 Å². The standard InChI is InChI=1S/C32H39N5O6/c1-32(2,3)27(36(4)31(40)41)17-28(38)34-24-14-11-19-8-6-7-9-25(19)37(30(24)39)18-23-22-13-10-21(29(33)35-42)16-20(22)12-15-26(23)43-5/h6-10,12-13,15-16,24,27,42H,11,14,17-18H2,1-5H3,(H2,33,35)(H,34,38)(H,40,41)/t24-,27-/m0/s1. The number of nitrogens with zero attached hydrogens (tertiary/aromatic N) is 2. The van der Waals surface area contributed by atoms with E-state index in [1.54, 1.807) is 30.2 Å². The van der Waals surface area contributed by atoms with Gasteiger partial charge in [-0.2, -0.15) is 0 Å². The first-order valence-corrected chi connectivity index (χ1v) is 14.1. The van der Waals surface area contributed by atoms with Gasteiger partial charge in [0.2, 0.25) is 11.8 Å².